The third-order valence-corrected chi connectivity index (χ3v) is 3.54. The van der Waals surface area contributed by atoms with Crippen LogP contribution in [0.1, 0.15) is 11.1 Å². The number of alkyl halides is 3. The number of carbonyl (C=O) groups excluding carboxylic acids is 1. The Bertz CT molecular complexity index is 811. The Morgan fingerprint density at radius 2 is 1.89 bits per heavy atom. The van der Waals surface area contributed by atoms with Gasteiger partial charge in [-0.25, -0.2) is 4.79 Å². The number of nitrogens with zero attached hydrogens (tertiary/aromatic N) is 1. The molecule has 2 amide bonds. The minimum absolute atomic E-state index is 0.0267. The molecule has 0 heterocycles. The molecule has 0 saturated heterocycles. The van der Waals surface area contributed by atoms with Gasteiger partial charge in [0.1, 0.15) is 12.4 Å². The number of likely N-dealkylation sites (N-methyl/N-ethyl adjacent to an activating group) is 1. The monoisotopic (exact) mass is 376 g/mol. The summed E-state index contributed by atoms with van der Waals surface area (Å²) in [6, 6.07) is 13.6. The van der Waals surface area contributed by atoms with E-state index in [-0.39, 0.29) is 18.1 Å². The van der Waals surface area contributed by atoms with Crippen molar-refractivity contribution in [3.63, 3.8) is 0 Å². The van der Waals surface area contributed by atoms with Crippen LogP contribution in [0.15, 0.2) is 54.6 Å². The van der Waals surface area contributed by atoms with E-state index < -0.39 is 11.7 Å². The molecule has 2 aromatic rings. The molecule has 7 heteroatoms. The van der Waals surface area contributed by atoms with Crippen LogP contribution in [0, 0.1) is 11.8 Å². The summed E-state index contributed by atoms with van der Waals surface area (Å²) >= 11 is 0. The van der Waals surface area contributed by atoms with Crippen molar-refractivity contribution in [2.24, 2.45) is 0 Å². The predicted octanol–water partition coefficient (Wildman–Crippen LogP) is 3.78. The lowest BCUT2D eigenvalue weighted by molar-refractivity contribution is -0.137. The van der Waals surface area contributed by atoms with Gasteiger partial charge in [0.05, 0.1) is 18.7 Å². The molecule has 0 fully saturated rings. The quantitative estimate of drug-likeness (QED) is 0.807. The minimum atomic E-state index is -4.41. The maximum atomic E-state index is 12.6. The largest absolute Gasteiger partial charge is 0.492 e. The molecule has 2 rings (SSSR count). The normalized spacial score (nSPS) is 10.5. The van der Waals surface area contributed by atoms with Crippen LogP contribution in [0.3, 0.4) is 0 Å². The molecule has 0 atom stereocenters. The van der Waals surface area contributed by atoms with E-state index >= 15 is 0 Å². The lowest BCUT2D eigenvalue weighted by Crippen LogP contribution is -2.39. The number of hydrogen-bond acceptors (Lipinski definition) is 2. The number of rotatable bonds is 5. The fourth-order valence-electron chi connectivity index (χ4n) is 2.09. The van der Waals surface area contributed by atoms with Crippen LogP contribution in [0.5, 0.6) is 5.75 Å². The van der Waals surface area contributed by atoms with E-state index in [1.165, 1.54) is 17.0 Å². The van der Waals surface area contributed by atoms with Gasteiger partial charge in [0.25, 0.3) is 0 Å². The number of amides is 2. The highest BCUT2D eigenvalue weighted by molar-refractivity contribution is 5.74. The number of benzene rings is 2. The fourth-order valence-corrected chi connectivity index (χ4v) is 2.09. The van der Waals surface area contributed by atoms with Crippen molar-refractivity contribution in [1.82, 2.24) is 10.2 Å². The molecule has 0 bridgehead atoms. The summed E-state index contributed by atoms with van der Waals surface area (Å²) in [7, 11) is 1.61. The molecule has 0 radical (unpaired) electrons. The first-order valence-electron chi connectivity index (χ1n) is 8.19. The van der Waals surface area contributed by atoms with Crippen LogP contribution in [-0.4, -0.2) is 37.7 Å². The Hall–Kier alpha value is -3.14. The summed E-state index contributed by atoms with van der Waals surface area (Å²) in [5.74, 6) is 5.97. The lowest BCUT2D eigenvalue weighted by Gasteiger charge is -2.17. The molecule has 2 aromatic carbocycles. The lowest BCUT2D eigenvalue weighted by atomic mass is 10.1. The van der Waals surface area contributed by atoms with E-state index in [9.17, 15) is 18.0 Å². The van der Waals surface area contributed by atoms with Gasteiger partial charge >= 0.3 is 12.2 Å². The zero-order valence-corrected chi connectivity index (χ0v) is 14.7. The van der Waals surface area contributed by atoms with E-state index in [2.05, 4.69) is 17.2 Å². The summed E-state index contributed by atoms with van der Waals surface area (Å²) in [4.78, 5) is 13.4. The third-order valence-electron chi connectivity index (χ3n) is 3.54. The number of hydrogen-bond donors (Lipinski definition) is 1. The van der Waals surface area contributed by atoms with Gasteiger partial charge in [-0.15, -0.1) is 0 Å². The van der Waals surface area contributed by atoms with Crippen molar-refractivity contribution in [3.05, 3.63) is 65.7 Å². The van der Waals surface area contributed by atoms with Crippen molar-refractivity contribution in [1.29, 1.82) is 0 Å². The van der Waals surface area contributed by atoms with Crippen LogP contribution in [0.4, 0.5) is 18.0 Å². The summed E-state index contributed by atoms with van der Waals surface area (Å²) in [6.07, 6.45) is -4.41. The molecule has 0 saturated carbocycles. The SMILES string of the molecule is CN(CCOc1ccccc1)C(=O)NCC#Cc1cccc(C(F)(F)F)c1. The van der Waals surface area contributed by atoms with Gasteiger partial charge in [0, 0.05) is 12.6 Å². The fraction of sp³-hybridized carbons (Fsp3) is 0.250. The number of carbonyl (C=O) groups is 1. The Labute approximate surface area is 155 Å². The Kier molecular flexibility index (Phi) is 7.12. The number of halogens is 3. The average molecular weight is 376 g/mol. The van der Waals surface area contributed by atoms with Crippen molar-refractivity contribution in [3.8, 4) is 17.6 Å². The van der Waals surface area contributed by atoms with Gasteiger partial charge < -0.3 is 15.0 Å². The zero-order chi connectivity index (χ0) is 19.7. The summed E-state index contributed by atoms with van der Waals surface area (Å²) in [5, 5.41) is 2.58. The molecule has 0 aromatic heterocycles. The van der Waals surface area contributed by atoms with Crippen molar-refractivity contribution >= 4 is 6.03 Å². The van der Waals surface area contributed by atoms with E-state index in [0.717, 1.165) is 17.9 Å². The number of nitrogens with one attached hydrogen (secondary N) is 1. The van der Waals surface area contributed by atoms with Crippen LogP contribution in [-0.2, 0) is 6.18 Å². The molecule has 4 nitrogen and oxygen atoms in total. The van der Waals surface area contributed by atoms with Crippen molar-refractivity contribution in [2.75, 3.05) is 26.7 Å². The van der Waals surface area contributed by atoms with Crippen LogP contribution >= 0.6 is 0 Å². The van der Waals surface area contributed by atoms with E-state index in [4.69, 9.17) is 4.74 Å². The number of ether oxygens (including phenoxy) is 1. The van der Waals surface area contributed by atoms with Gasteiger partial charge in [-0.1, -0.05) is 36.1 Å². The zero-order valence-electron chi connectivity index (χ0n) is 14.7. The summed E-state index contributed by atoms with van der Waals surface area (Å²) in [6.45, 7) is 0.741. The molecule has 27 heavy (non-hydrogen) atoms. The van der Waals surface area contributed by atoms with Gasteiger partial charge in [-0.05, 0) is 30.3 Å². The molecule has 0 aliphatic rings. The van der Waals surface area contributed by atoms with Gasteiger partial charge in [-0.2, -0.15) is 13.2 Å². The van der Waals surface area contributed by atoms with Gasteiger partial charge in [0.2, 0.25) is 0 Å². The maximum absolute atomic E-state index is 12.6. The van der Waals surface area contributed by atoms with Crippen LogP contribution < -0.4 is 10.1 Å². The predicted molar refractivity (Wildman–Crippen MR) is 96.3 cm³/mol. The third kappa shape index (κ3) is 6.94. The molecule has 0 spiro atoms. The minimum Gasteiger partial charge on any atom is -0.492 e. The second-order valence-corrected chi connectivity index (χ2v) is 5.62. The van der Waals surface area contributed by atoms with Gasteiger partial charge in [-0.3, -0.25) is 0 Å². The summed E-state index contributed by atoms with van der Waals surface area (Å²) in [5.41, 5.74) is -0.514. The second-order valence-electron chi connectivity index (χ2n) is 5.62. The Balaban J connectivity index is 1.75. The molecule has 142 valence electrons. The highest BCUT2D eigenvalue weighted by atomic mass is 19.4. The maximum Gasteiger partial charge on any atom is 0.416 e. The molecule has 0 aliphatic carbocycles. The Morgan fingerprint density at radius 3 is 2.59 bits per heavy atom. The smallest absolute Gasteiger partial charge is 0.416 e. The molecule has 1 N–H and O–H groups in total. The number of para-hydroxylation sites is 1. The number of urea groups is 1. The van der Waals surface area contributed by atoms with Crippen molar-refractivity contribution < 1.29 is 22.7 Å². The van der Waals surface area contributed by atoms with Crippen LogP contribution in [0.2, 0.25) is 0 Å². The van der Waals surface area contributed by atoms with Gasteiger partial charge in [0.15, 0.2) is 0 Å². The topological polar surface area (TPSA) is 41.6 Å². The van der Waals surface area contributed by atoms with E-state index in [1.807, 2.05) is 30.3 Å². The highest BCUT2D eigenvalue weighted by Gasteiger charge is 2.30. The van der Waals surface area contributed by atoms with E-state index in [1.54, 1.807) is 7.05 Å². The second kappa shape index (κ2) is 9.53. The molecule has 0 aliphatic heterocycles. The first kappa shape index (κ1) is 20.2. The Morgan fingerprint density at radius 1 is 1.15 bits per heavy atom. The highest BCUT2D eigenvalue weighted by Crippen LogP contribution is 2.29. The van der Waals surface area contributed by atoms with Crippen molar-refractivity contribution in [2.45, 2.75) is 6.18 Å². The van der Waals surface area contributed by atoms with Crippen LogP contribution in [0.25, 0.3) is 0 Å². The molecule has 0 unspecified atom stereocenters. The molecular weight excluding hydrogens is 357 g/mol. The first-order valence-corrected chi connectivity index (χ1v) is 8.19. The average Bonchev–Trinajstić information content (AvgIpc) is 2.65. The first-order chi connectivity index (χ1) is 12.9. The standard InChI is InChI=1S/C20H19F3N2O2/c1-25(13-14-27-18-10-3-2-4-11-18)19(26)24-12-6-8-16-7-5-9-17(15-16)20(21,22)23/h2-5,7,9-11,15H,12-14H2,1H3,(H,24,26). The molecular formula is C20H19F3N2O2. The van der Waals surface area contributed by atoms with E-state index in [0.29, 0.717) is 13.2 Å². The summed E-state index contributed by atoms with van der Waals surface area (Å²) < 4.78 is 43.4.